The zero-order valence-electron chi connectivity index (χ0n) is 15.9. The molecule has 2 aromatic rings. The van der Waals surface area contributed by atoms with Gasteiger partial charge in [0.25, 0.3) is 5.56 Å². The maximum atomic E-state index is 12.8. The van der Waals surface area contributed by atoms with Gasteiger partial charge in [-0.15, -0.1) is 0 Å². The minimum Gasteiger partial charge on any atom is -0.350 e. The minimum atomic E-state index is -4.57. The van der Waals surface area contributed by atoms with Gasteiger partial charge in [0.15, 0.2) is 0 Å². The van der Waals surface area contributed by atoms with Gasteiger partial charge in [0, 0.05) is 25.4 Å². The summed E-state index contributed by atoms with van der Waals surface area (Å²) in [4.78, 5) is 26.2. The van der Waals surface area contributed by atoms with E-state index in [0.29, 0.717) is 12.3 Å². The third kappa shape index (κ3) is 5.95. The van der Waals surface area contributed by atoms with Crippen LogP contribution in [0.15, 0.2) is 47.4 Å². The maximum absolute atomic E-state index is 12.8. The molecule has 5 nitrogen and oxygen atoms in total. The highest BCUT2D eigenvalue weighted by Gasteiger charge is 2.31. The smallest absolute Gasteiger partial charge is 0.350 e. The molecule has 0 bridgehead atoms. The average Bonchev–Trinajstić information content (AvgIpc) is 2.66. The molecule has 28 heavy (non-hydrogen) atoms. The maximum Gasteiger partial charge on any atom is 0.417 e. The molecular formula is C20H24F3N3O2. The monoisotopic (exact) mass is 395 g/mol. The van der Waals surface area contributed by atoms with Crippen LogP contribution in [0.2, 0.25) is 0 Å². The van der Waals surface area contributed by atoms with E-state index >= 15 is 0 Å². The fraction of sp³-hybridized carbons (Fsp3) is 0.400. The third-order valence-electron chi connectivity index (χ3n) is 4.51. The summed E-state index contributed by atoms with van der Waals surface area (Å²) in [7, 11) is 0. The van der Waals surface area contributed by atoms with E-state index in [2.05, 4.69) is 24.1 Å². The van der Waals surface area contributed by atoms with Crippen LogP contribution in [0.5, 0.6) is 0 Å². The van der Waals surface area contributed by atoms with Gasteiger partial charge in [-0.25, -0.2) is 0 Å². The lowest BCUT2D eigenvalue weighted by Crippen LogP contribution is -2.32. The molecule has 1 amide bonds. The van der Waals surface area contributed by atoms with Gasteiger partial charge in [-0.2, -0.15) is 13.2 Å². The van der Waals surface area contributed by atoms with E-state index in [0.717, 1.165) is 41.4 Å². The number of pyridine rings is 1. The van der Waals surface area contributed by atoms with E-state index in [4.69, 9.17) is 0 Å². The Kier molecular flexibility index (Phi) is 7.39. The van der Waals surface area contributed by atoms with Crippen molar-refractivity contribution in [2.75, 3.05) is 13.1 Å². The molecule has 1 heterocycles. The first kappa shape index (κ1) is 21.7. The zero-order chi connectivity index (χ0) is 20.7. The molecule has 0 saturated heterocycles. The second-order valence-electron chi connectivity index (χ2n) is 6.39. The van der Waals surface area contributed by atoms with Gasteiger partial charge >= 0.3 is 6.18 Å². The predicted molar refractivity (Wildman–Crippen MR) is 101 cm³/mol. The molecule has 0 aliphatic heterocycles. The topological polar surface area (TPSA) is 54.3 Å². The SMILES string of the molecule is CCN(CC)Cc1ccccc1CNC(=O)Cn1cc(C(F)(F)F)ccc1=O. The van der Waals surface area contributed by atoms with Crippen LogP contribution in [0.4, 0.5) is 13.2 Å². The summed E-state index contributed by atoms with van der Waals surface area (Å²) in [5.74, 6) is -0.529. The number of carbonyl (C=O) groups is 1. The van der Waals surface area contributed by atoms with E-state index in [9.17, 15) is 22.8 Å². The van der Waals surface area contributed by atoms with Gasteiger partial charge in [0.2, 0.25) is 5.91 Å². The van der Waals surface area contributed by atoms with Crippen LogP contribution < -0.4 is 10.9 Å². The molecule has 0 fully saturated rings. The third-order valence-corrected chi connectivity index (χ3v) is 4.51. The van der Waals surface area contributed by atoms with Crippen LogP contribution in [0.25, 0.3) is 0 Å². The molecule has 1 aromatic carbocycles. The molecule has 0 spiro atoms. The van der Waals surface area contributed by atoms with E-state index in [-0.39, 0.29) is 6.54 Å². The minimum absolute atomic E-state index is 0.240. The van der Waals surface area contributed by atoms with E-state index < -0.39 is 29.8 Å². The van der Waals surface area contributed by atoms with Crippen LogP contribution >= 0.6 is 0 Å². The molecule has 8 heteroatoms. The van der Waals surface area contributed by atoms with E-state index in [1.807, 2.05) is 24.3 Å². The number of nitrogens with zero attached hydrogens (tertiary/aromatic N) is 2. The normalized spacial score (nSPS) is 11.6. The fourth-order valence-electron chi connectivity index (χ4n) is 2.80. The molecule has 0 aliphatic rings. The summed E-state index contributed by atoms with van der Waals surface area (Å²) in [6, 6.07) is 9.19. The van der Waals surface area contributed by atoms with Crippen LogP contribution in [0.1, 0.15) is 30.5 Å². The standard InChI is InChI=1S/C20H24F3N3O2/c1-3-25(4-2)12-16-8-6-5-7-15(16)11-24-18(27)14-26-13-17(20(21,22)23)9-10-19(26)28/h5-10,13H,3-4,11-12,14H2,1-2H3,(H,24,27). The van der Waals surface area contributed by atoms with Crippen molar-refractivity contribution in [3.8, 4) is 0 Å². The summed E-state index contributed by atoms with van der Waals surface area (Å²) in [5, 5.41) is 2.68. The Bertz CT molecular complexity index is 858. The lowest BCUT2D eigenvalue weighted by atomic mass is 10.1. The second kappa shape index (κ2) is 9.54. The van der Waals surface area contributed by atoms with Crippen molar-refractivity contribution in [3.63, 3.8) is 0 Å². The summed E-state index contributed by atoms with van der Waals surface area (Å²) in [5.41, 5.74) is 0.372. The van der Waals surface area contributed by atoms with Crippen molar-refractivity contribution in [2.24, 2.45) is 0 Å². The van der Waals surface area contributed by atoms with Gasteiger partial charge < -0.3 is 9.88 Å². The van der Waals surface area contributed by atoms with Crippen molar-refractivity contribution in [1.29, 1.82) is 0 Å². The van der Waals surface area contributed by atoms with Gasteiger partial charge in [0.1, 0.15) is 6.54 Å². The largest absolute Gasteiger partial charge is 0.417 e. The van der Waals surface area contributed by atoms with Crippen LogP contribution in [-0.2, 0) is 30.6 Å². The number of halogens is 3. The summed E-state index contributed by atoms with van der Waals surface area (Å²) >= 11 is 0. The molecule has 1 aromatic heterocycles. The number of amides is 1. The Morgan fingerprint density at radius 2 is 1.71 bits per heavy atom. The molecule has 0 unspecified atom stereocenters. The number of rotatable bonds is 8. The quantitative estimate of drug-likeness (QED) is 0.748. The highest BCUT2D eigenvalue weighted by Crippen LogP contribution is 2.27. The molecular weight excluding hydrogens is 371 g/mol. The van der Waals surface area contributed by atoms with Gasteiger partial charge in [-0.1, -0.05) is 38.1 Å². The van der Waals surface area contributed by atoms with Crippen molar-refractivity contribution in [3.05, 3.63) is 69.6 Å². The highest BCUT2D eigenvalue weighted by molar-refractivity contribution is 5.75. The molecule has 0 saturated carbocycles. The van der Waals surface area contributed by atoms with Gasteiger partial charge in [-0.05, 0) is 30.3 Å². The Balaban J connectivity index is 2.05. The number of aromatic nitrogens is 1. The van der Waals surface area contributed by atoms with Crippen LogP contribution in [-0.4, -0.2) is 28.5 Å². The number of benzene rings is 1. The van der Waals surface area contributed by atoms with Crippen molar-refractivity contribution >= 4 is 5.91 Å². The molecule has 0 aliphatic carbocycles. The van der Waals surface area contributed by atoms with E-state index in [1.54, 1.807) is 0 Å². The van der Waals surface area contributed by atoms with E-state index in [1.165, 1.54) is 0 Å². The van der Waals surface area contributed by atoms with Crippen molar-refractivity contribution in [1.82, 2.24) is 14.8 Å². The first-order chi connectivity index (χ1) is 13.2. The number of carbonyl (C=O) groups excluding carboxylic acids is 1. The van der Waals surface area contributed by atoms with Gasteiger partial charge in [-0.3, -0.25) is 14.5 Å². The Morgan fingerprint density at radius 1 is 1.07 bits per heavy atom. The predicted octanol–water partition coefficient (Wildman–Crippen LogP) is 3.03. The van der Waals surface area contributed by atoms with Crippen molar-refractivity contribution in [2.45, 2.75) is 39.7 Å². The second-order valence-corrected chi connectivity index (χ2v) is 6.39. The molecule has 0 atom stereocenters. The first-order valence-corrected chi connectivity index (χ1v) is 9.08. The lowest BCUT2D eigenvalue weighted by Gasteiger charge is -2.20. The molecule has 2 rings (SSSR count). The molecule has 0 radical (unpaired) electrons. The lowest BCUT2D eigenvalue weighted by molar-refractivity contribution is -0.138. The van der Waals surface area contributed by atoms with Gasteiger partial charge in [0.05, 0.1) is 5.56 Å². The summed E-state index contributed by atoms with van der Waals surface area (Å²) < 4.78 is 39.1. The molecule has 1 N–H and O–H groups in total. The fourth-order valence-corrected chi connectivity index (χ4v) is 2.80. The number of hydrogen-bond donors (Lipinski definition) is 1. The first-order valence-electron chi connectivity index (χ1n) is 9.08. The number of alkyl halides is 3. The van der Waals surface area contributed by atoms with Crippen LogP contribution in [0, 0.1) is 0 Å². The highest BCUT2D eigenvalue weighted by atomic mass is 19.4. The summed E-state index contributed by atoms with van der Waals surface area (Å²) in [6.45, 7) is 6.45. The average molecular weight is 395 g/mol. The zero-order valence-corrected chi connectivity index (χ0v) is 15.9. The Labute approximate surface area is 161 Å². The number of hydrogen-bond acceptors (Lipinski definition) is 3. The summed E-state index contributed by atoms with van der Waals surface area (Å²) in [6.07, 6.45) is -3.91. The Morgan fingerprint density at radius 3 is 2.32 bits per heavy atom. The van der Waals surface area contributed by atoms with Crippen LogP contribution in [0.3, 0.4) is 0 Å². The Hall–Kier alpha value is -2.61. The molecule has 152 valence electrons. The van der Waals surface area contributed by atoms with Crippen molar-refractivity contribution < 1.29 is 18.0 Å². The number of nitrogens with one attached hydrogen (secondary N) is 1.